The monoisotopic (exact) mass is 640 g/mol. The number of hydrogen-bond acceptors (Lipinski definition) is 8. The van der Waals surface area contributed by atoms with Crippen LogP contribution in [0.15, 0.2) is 61.7 Å². The third kappa shape index (κ3) is 14.4. The third-order valence-electron chi connectivity index (χ3n) is 7.99. The van der Waals surface area contributed by atoms with Crippen molar-refractivity contribution in [1.82, 2.24) is 0 Å². The molecular weight excluding hydrogens is 584 g/mol. The molecule has 4 unspecified atom stereocenters. The lowest BCUT2D eigenvalue weighted by Crippen LogP contribution is -2.30. The van der Waals surface area contributed by atoms with Gasteiger partial charge in [-0.1, -0.05) is 104 Å². The summed E-state index contributed by atoms with van der Waals surface area (Å²) >= 11 is 0. The maximum atomic E-state index is 12.0. The largest absolute Gasteiger partial charge is 0.489 e. The van der Waals surface area contributed by atoms with Crippen LogP contribution in [0, 0.1) is 11.8 Å². The van der Waals surface area contributed by atoms with Crippen molar-refractivity contribution in [2.24, 2.45) is 11.8 Å². The first kappa shape index (κ1) is 38.8. The van der Waals surface area contributed by atoms with Gasteiger partial charge in [0, 0.05) is 36.1 Å². The molecule has 0 heterocycles. The maximum absolute atomic E-state index is 12.0. The molecular formula is C38H56O8. The minimum atomic E-state index is -0.599. The summed E-state index contributed by atoms with van der Waals surface area (Å²) in [4.78, 5) is 24.1. The van der Waals surface area contributed by atoms with Crippen molar-refractivity contribution in [2.45, 2.75) is 91.3 Å². The van der Waals surface area contributed by atoms with Crippen LogP contribution in [-0.4, -0.2) is 63.8 Å². The van der Waals surface area contributed by atoms with Gasteiger partial charge >= 0.3 is 11.9 Å². The second-order valence-corrected chi connectivity index (χ2v) is 11.7. The molecule has 0 N–H and O–H groups in total. The standard InChI is InChI=1S/C38H56O8/c1-7-13-17-29(9-3)23-41-25-31(45-37(39)11-5)27-43-35-21-15-20-34-33(35)19-16-22-36(34)44-28-32(46-38(40)12-6)26-42-24-30(10-4)18-14-8-2/h11-12,15-16,19-22,29-32H,5-10,13-14,17-18,23-28H2,1-4H3. The van der Waals surface area contributed by atoms with E-state index in [0.29, 0.717) is 36.5 Å². The maximum Gasteiger partial charge on any atom is 0.330 e. The fourth-order valence-electron chi connectivity index (χ4n) is 5.06. The molecule has 0 fully saturated rings. The van der Waals surface area contributed by atoms with E-state index in [2.05, 4.69) is 40.9 Å². The van der Waals surface area contributed by atoms with Gasteiger partial charge in [0.05, 0.1) is 13.2 Å². The zero-order chi connectivity index (χ0) is 33.6. The highest BCUT2D eigenvalue weighted by molar-refractivity contribution is 5.93. The average Bonchev–Trinajstić information content (AvgIpc) is 3.08. The Labute approximate surface area is 276 Å². The fraction of sp³-hybridized carbons (Fsp3) is 0.579. The average molecular weight is 641 g/mol. The number of benzene rings is 2. The van der Waals surface area contributed by atoms with Gasteiger partial charge in [0.15, 0.2) is 12.2 Å². The van der Waals surface area contributed by atoms with Gasteiger partial charge in [-0.05, 0) is 36.8 Å². The predicted octanol–water partition coefficient (Wildman–Crippen LogP) is 8.26. The highest BCUT2D eigenvalue weighted by Gasteiger charge is 2.19. The number of carbonyl (C=O) groups is 2. The second kappa shape index (κ2) is 23.0. The topological polar surface area (TPSA) is 89.5 Å². The van der Waals surface area contributed by atoms with Crippen LogP contribution < -0.4 is 9.47 Å². The van der Waals surface area contributed by atoms with Crippen LogP contribution in [0.3, 0.4) is 0 Å². The molecule has 0 aliphatic heterocycles. The molecule has 0 spiro atoms. The van der Waals surface area contributed by atoms with E-state index in [1.807, 2.05) is 36.4 Å². The van der Waals surface area contributed by atoms with Crippen molar-refractivity contribution >= 4 is 22.7 Å². The van der Waals surface area contributed by atoms with Gasteiger partial charge in [-0.3, -0.25) is 0 Å². The first-order chi connectivity index (χ1) is 22.4. The van der Waals surface area contributed by atoms with Gasteiger partial charge in [0.25, 0.3) is 0 Å². The number of ether oxygens (including phenoxy) is 6. The predicted molar refractivity (Wildman–Crippen MR) is 183 cm³/mol. The summed E-state index contributed by atoms with van der Waals surface area (Å²) in [6, 6.07) is 11.4. The Hall–Kier alpha value is -3.36. The van der Waals surface area contributed by atoms with Crippen LogP contribution in [0.2, 0.25) is 0 Å². The Morgan fingerprint density at radius 1 is 0.630 bits per heavy atom. The van der Waals surface area contributed by atoms with Crippen molar-refractivity contribution in [3.8, 4) is 11.5 Å². The summed E-state index contributed by atoms with van der Waals surface area (Å²) in [5.41, 5.74) is 0. The normalized spacial score (nSPS) is 13.7. The number of fused-ring (bicyclic) bond motifs is 1. The van der Waals surface area contributed by atoms with E-state index < -0.39 is 24.1 Å². The van der Waals surface area contributed by atoms with Gasteiger partial charge in [-0.2, -0.15) is 0 Å². The van der Waals surface area contributed by atoms with Crippen molar-refractivity contribution in [1.29, 1.82) is 0 Å². The van der Waals surface area contributed by atoms with Crippen LogP contribution in [0.1, 0.15) is 79.1 Å². The summed E-state index contributed by atoms with van der Waals surface area (Å²) in [6.07, 6.45) is 10.0. The second-order valence-electron chi connectivity index (χ2n) is 11.7. The molecule has 46 heavy (non-hydrogen) atoms. The summed E-state index contributed by atoms with van der Waals surface area (Å²) in [7, 11) is 0. The summed E-state index contributed by atoms with van der Waals surface area (Å²) < 4.78 is 35.4. The molecule has 8 heteroatoms. The third-order valence-corrected chi connectivity index (χ3v) is 7.99. The minimum absolute atomic E-state index is 0.115. The summed E-state index contributed by atoms with van der Waals surface area (Å²) in [6.45, 7) is 17.6. The zero-order valence-corrected chi connectivity index (χ0v) is 28.5. The Bertz CT molecular complexity index is 1090. The number of rotatable bonds is 26. The lowest BCUT2D eigenvalue weighted by molar-refractivity contribution is -0.149. The molecule has 0 bridgehead atoms. The number of carbonyl (C=O) groups excluding carboxylic acids is 2. The van der Waals surface area contributed by atoms with Crippen molar-refractivity contribution in [3.63, 3.8) is 0 Å². The van der Waals surface area contributed by atoms with Crippen LogP contribution in [0.25, 0.3) is 10.8 Å². The van der Waals surface area contributed by atoms with Gasteiger partial charge < -0.3 is 28.4 Å². The first-order valence-electron chi connectivity index (χ1n) is 17.0. The molecule has 4 atom stereocenters. The molecule has 0 radical (unpaired) electrons. The number of esters is 2. The molecule has 8 nitrogen and oxygen atoms in total. The Morgan fingerprint density at radius 2 is 1.04 bits per heavy atom. The quantitative estimate of drug-likeness (QED) is 0.0750. The Morgan fingerprint density at radius 3 is 1.39 bits per heavy atom. The smallest absolute Gasteiger partial charge is 0.330 e. The molecule has 0 aliphatic rings. The van der Waals surface area contributed by atoms with E-state index in [4.69, 9.17) is 28.4 Å². The van der Waals surface area contributed by atoms with E-state index in [1.165, 1.54) is 12.8 Å². The molecule has 2 aromatic carbocycles. The van der Waals surface area contributed by atoms with Crippen LogP contribution in [0.4, 0.5) is 0 Å². The molecule has 0 aromatic heterocycles. The molecule has 2 aromatic rings. The fourth-order valence-corrected chi connectivity index (χ4v) is 5.06. The summed E-state index contributed by atoms with van der Waals surface area (Å²) in [5, 5.41) is 1.66. The SMILES string of the molecule is C=CC(=O)OC(COCC(CC)CCCC)COc1cccc2c(OCC(COCC(CC)CCCC)OC(=O)C=C)cccc12. The van der Waals surface area contributed by atoms with Gasteiger partial charge in [-0.15, -0.1) is 0 Å². The molecule has 0 aliphatic carbocycles. The molecule has 0 saturated heterocycles. The van der Waals surface area contributed by atoms with E-state index >= 15 is 0 Å². The highest BCUT2D eigenvalue weighted by atomic mass is 16.6. The first-order valence-corrected chi connectivity index (χ1v) is 17.0. The Kier molecular flexibility index (Phi) is 19.4. The van der Waals surface area contributed by atoms with E-state index in [1.54, 1.807) is 0 Å². The zero-order valence-electron chi connectivity index (χ0n) is 28.5. The van der Waals surface area contributed by atoms with Crippen molar-refractivity contribution in [3.05, 3.63) is 61.7 Å². The van der Waals surface area contributed by atoms with E-state index in [9.17, 15) is 9.59 Å². The van der Waals surface area contributed by atoms with Gasteiger partial charge in [0.2, 0.25) is 0 Å². The lowest BCUT2D eigenvalue weighted by atomic mass is 10.0. The Balaban J connectivity index is 2.09. The van der Waals surface area contributed by atoms with E-state index in [0.717, 1.165) is 61.4 Å². The van der Waals surface area contributed by atoms with Crippen LogP contribution in [-0.2, 0) is 28.5 Å². The highest BCUT2D eigenvalue weighted by Crippen LogP contribution is 2.32. The van der Waals surface area contributed by atoms with Crippen molar-refractivity contribution in [2.75, 3.05) is 39.6 Å². The minimum Gasteiger partial charge on any atom is -0.489 e. The van der Waals surface area contributed by atoms with Gasteiger partial charge in [0.1, 0.15) is 24.7 Å². The molecule has 0 amide bonds. The lowest BCUT2D eigenvalue weighted by Gasteiger charge is -2.21. The van der Waals surface area contributed by atoms with Crippen molar-refractivity contribution < 1.29 is 38.0 Å². The molecule has 2 rings (SSSR count). The molecule has 256 valence electrons. The van der Waals surface area contributed by atoms with Crippen LogP contribution >= 0.6 is 0 Å². The number of unbranched alkanes of at least 4 members (excludes halogenated alkanes) is 2. The van der Waals surface area contributed by atoms with Gasteiger partial charge in [-0.25, -0.2) is 9.59 Å². The number of hydrogen-bond donors (Lipinski definition) is 0. The molecule has 0 saturated carbocycles. The van der Waals surface area contributed by atoms with Crippen LogP contribution in [0.5, 0.6) is 11.5 Å². The summed E-state index contributed by atoms with van der Waals surface area (Å²) in [5.74, 6) is 1.13. The van der Waals surface area contributed by atoms with E-state index in [-0.39, 0.29) is 26.4 Å².